The van der Waals surface area contributed by atoms with Crippen LogP contribution in [0.15, 0.2) is 29.3 Å². The molecular formula is C22H26F3N8O5+. The van der Waals surface area contributed by atoms with Gasteiger partial charge in [0, 0.05) is 12.8 Å². The molecule has 4 aliphatic heterocycles. The lowest BCUT2D eigenvalue weighted by molar-refractivity contribution is -0.521. The van der Waals surface area contributed by atoms with E-state index in [-0.39, 0.29) is 43.4 Å². The van der Waals surface area contributed by atoms with Gasteiger partial charge in [-0.25, -0.2) is 10.3 Å². The standard InChI is InChI=1S/C22H25F3N8O5/c23-22(24,25)11-3-1-2-10(6-11)7-14(34)29-13-9-33-19(27)28-12(8-32-15(35)4-5-16(32)36)17-20(33,21(13,37)38)31-18(26)30-17/h1-3,6,12-13,17,37-38H,4-5,7-9H2,(H2,27,28)(H,29,34)(H3,26,30,31)/p+1/t12-,13-,17-,20-/m0/s1. The Morgan fingerprint density at radius 1 is 1.24 bits per heavy atom. The highest BCUT2D eigenvalue weighted by Gasteiger charge is 2.76. The van der Waals surface area contributed by atoms with Gasteiger partial charge in [-0.15, -0.1) is 0 Å². The second-order valence-electron chi connectivity index (χ2n) is 9.71. The van der Waals surface area contributed by atoms with E-state index in [0.29, 0.717) is 0 Å². The molecule has 9 N–H and O–H groups in total. The molecule has 0 aliphatic carbocycles. The Kier molecular flexibility index (Phi) is 5.79. The normalized spacial score (nSPS) is 30.0. The molecule has 204 valence electrons. The highest BCUT2D eigenvalue weighted by Crippen LogP contribution is 2.41. The number of nitrogens with one attached hydrogen (secondary N) is 3. The maximum Gasteiger partial charge on any atom is 0.416 e. The fourth-order valence-corrected chi connectivity index (χ4v) is 5.62. The quantitative estimate of drug-likeness (QED) is 0.143. The van der Waals surface area contributed by atoms with Crippen LogP contribution in [0.3, 0.4) is 0 Å². The summed E-state index contributed by atoms with van der Waals surface area (Å²) in [4.78, 5) is 46.7. The molecule has 2 fully saturated rings. The number of alkyl halides is 3. The zero-order valence-electron chi connectivity index (χ0n) is 19.8. The molecule has 0 radical (unpaired) electrons. The van der Waals surface area contributed by atoms with E-state index in [1.807, 2.05) is 0 Å². The van der Waals surface area contributed by atoms with Crippen LogP contribution in [0.4, 0.5) is 13.2 Å². The smallest absolute Gasteiger partial charge is 0.370 e. The van der Waals surface area contributed by atoms with Crippen LogP contribution in [0.5, 0.6) is 0 Å². The molecule has 0 aromatic heterocycles. The first-order chi connectivity index (χ1) is 17.7. The molecule has 3 amide bonds. The molecule has 16 heteroatoms. The minimum atomic E-state index is -4.59. The molecule has 1 spiro atoms. The SMILES string of the molecule is NC1=N[C@@H](CN2C(=O)CCC2=O)[C@@H]2[NH+]=C(N)N[C@]23N1C[C@H](NC(=O)Cc1cccc(C(F)(F)F)c1)C3(O)O. The van der Waals surface area contributed by atoms with Crippen molar-refractivity contribution in [3.8, 4) is 0 Å². The zero-order valence-corrected chi connectivity index (χ0v) is 19.8. The predicted molar refractivity (Wildman–Crippen MR) is 122 cm³/mol. The minimum Gasteiger partial charge on any atom is -0.370 e. The van der Waals surface area contributed by atoms with Gasteiger partial charge in [-0.3, -0.25) is 34.9 Å². The molecule has 4 heterocycles. The number of benzene rings is 1. The summed E-state index contributed by atoms with van der Waals surface area (Å²) in [6, 6.07) is 0.926. The van der Waals surface area contributed by atoms with Crippen LogP contribution in [0.2, 0.25) is 0 Å². The van der Waals surface area contributed by atoms with Gasteiger partial charge in [0.15, 0.2) is 12.0 Å². The fourth-order valence-electron chi connectivity index (χ4n) is 5.62. The van der Waals surface area contributed by atoms with Crippen LogP contribution in [0.1, 0.15) is 24.0 Å². The van der Waals surface area contributed by atoms with Crippen LogP contribution in [-0.2, 0) is 27.0 Å². The summed E-state index contributed by atoms with van der Waals surface area (Å²) in [5.74, 6) is -4.51. The average molecular weight is 539 g/mol. The Labute approximate surface area is 213 Å². The van der Waals surface area contributed by atoms with Gasteiger partial charge in [0.05, 0.1) is 25.1 Å². The number of hydrogen-bond acceptors (Lipinski definition) is 10. The van der Waals surface area contributed by atoms with Crippen molar-refractivity contribution in [2.75, 3.05) is 13.1 Å². The molecule has 2 saturated heterocycles. The van der Waals surface area contributed by atoms with E-state index in [1.54, 1.807) is 0 Å². The second kappa shape index (κ2) is 8.56. The second-order valence-corrected chi connectivity index (χ2v) is 9.71. The summed E-state index contributed by atoms with van der Waals surface area (Å²) in [6.07, 6.45) is -4.94. The van der Waals surface area contributed by atoms with Crippen molar-refractivity contribution in [2.45, 2.75) is 55.0 Å². The molecule has 1 aromatic rings. The number of rotatable bonds is 5. The van der Waals surface area contributed by atoms with E-state index >= 15 is 0 Å². The van der Waals surface area contributed by atoms with Gasteiger partial charge < -0.3 is 21.3 Å². The number of aliphatic hydroxyl groups is 2. The number of carbonyl (C=O) groups is 3. The van der Waals surface area contributed by atoms with Gasteiger partial charge in [0.1, 0.15) is 12.1 Å². The molecular weight excluding hydrogens is 513 g/mol. The van der Waals surface area contributed by atoms with Crippen LogP contribution in [0.25, 0.3) is 0 Å². The lowest BCUT2D eigenvalue weighted by Crippen LogP contribution is -2.90. The molecule has 38 heavy (non-hydrogen) atoms. The third-order valence-corrected chi connectivity index (χ3v) is 7.36. The Hall–Kier alpha value is -3.92. The molecule has 0 bridgehead atoms. The topological polar surface area (TPSA) is 201 Å². The number of guanidine groups is 2. The average Bonchev–Trinajstić information content (AvgIpc) is 3.41. The molecule has 1 aromatic carbocycles. The van der Waals surface area contributed by atoms with Crippen molar-refractivity contribution in [1.29, 1.82) is 0 Å². The van der Waals surface area contributed by atoms with E-state index in [0.717, 1.165) is 17.0 Å². The third-order valence-electron chi connectivity index (χ3n) is 7.36. The molecule has 4 atom stereocenters. The number of nitrogens with two attached hydrogens (primary N) is 2. The lowest BCUT2D eigenvalue weighted by Gasteiger charge is -2.46. The maximum atomic E-state index is 13.0. The maximum absolute atomic E-state index is 13.0. The van der Waals surface area contributed by atoms with Gasteiger partial charge in [-0.2, -0.15) is 13.2 Å². The van der Waals surface area contributed by atoms with Crippen LogP contribution < -0.4 is 27.1 Å². The van der Waals surface area contributed by atoms with E-state index in [4.69, 9.17) is 11.5 Å². The molecule has 13 nitrogen and oxygen atoms in total. The van der Waals surface area contributed by atoms with Crippen molar-refractivity contribution < 1.29 is 42.8 Å². The number of hydrogen-bond donors (Lipinski definition) is 7. The summed E-state index contributed by atoms with van der Waals surface area (Å²) >= 11 is 0. The first kappa shape index (κ1) is 25.7. The number of halogens is 3. The van der Waals surface area contributed by atoms with E-state index in [2.05, 4.69) is 20.6 Å². The Balaban J connectivity index is 1.39. The van der Waals surface area contributed by atoms with Crippen molar-refractivity contribution in [3.05, 3.63) is 35.4 Å². The summed E-state index contributed by atoms with van der Waals surface area (Å²) in [5, 5.41) is 28.1. The summed E-state index contributed by atoms with van der Waals surface area (Å²) in [6.45, 7) is -0.438. The Bertz CT molecular complexity index is 1250. The first-order valence-electron chi connectivity index (χ1n) is 11.8. The van der Waals surface area contributed by atoms with Crippen LogP contribution in [-0.4, -0.2) is 92.3 Å². The number of aliphatic imine (C=N–C) groups is 1. The number of nitrogens with zero attached hydrogens (tertiary/aromatic N) is 3. The molecule has 0 saturated carbocycles. The summed E-state index contributed by atoms with van der Waals surface area (Å²) in [7, 11) is 0. The van der Waals surface area contributed by atoms with Gasteiger partial charge in [-0.05, 0) is 11.6 Å². The van der Waals surface area contributed by atoms with Crippen LogP contribution in [0, 0.1) is 0 Å². The Morgan fingerprint density at radius 2 is 1.92 bits per heavy atom. The fraction of sp³-hybridized carbons (Fsp3) is 0.500. The predicted octanol–water partition coefficient (Wildman–Crippen LogP) is -4.36. The highest BCUT2D eigenvalue weighted by molar-refractivity contribution is 6.02. The third kappa shape index (κ3) is 3.91. The van der Waals surface area contributed by atoms with Gasteiger partial charge >= 0.3 is 12.1 Å². The number of imide groups is 1. The lowest BCUT2D eigenvalue weighted by atomic mass is 9.84. The number of carbonyl (C=O) groups excluding carboxylic acids is 3. The van der Waals surface area contributed by atoms with E-state index in [9.17, 15) is 37.8 Å². The van der Waals surface area contributed by atoms with Gasteiger partial charge in [-0.1, -0.05) is 18.2 Å². The van der Waals surface area contributed by atoms with E-state index < -0.39 is 65.5 Å². The van der Waals surface area contributed by atoms with Crippen molar-refractivity contribution >= 4 is 29.6 Å². The largest absolute Gasteiger partial charge is 0.416 e. The Morgan fingerprint density at radius 3 is 2.58 bits per heavy atom. The van der Waals surface area contributed by atoms with Gasteiger partial charge in [0.2, 0.25) is 23.5 Å². The van der Waals surface area contributed by atoms with Crippen molar-refractivity contribution in [1.82, 2.24) is 20.4 Å². The minimum absolute atomic E-state index is 0.0521. The van der Waals surface area contributed by atoms with Crippen molar-refractivity contribution in [2.24, 2.45) is 16.5 Å². The monoisotopic (exact) mass is 539 g/mol. The highest BCUT2D eigenvalue weighted by atomic mass is 19.4. The summed E-state index contributed by atoms with van der Waals surface area (Å²) < 4.78 is 39.1. The van der Waals surface area contributed by atoms with Crippen LogP contribution >= 0.6 is 0 Å². The molecule has 0 unspecified atom stereocenters. The summed E-state index contributed by atoms with van der Waals surface area (Å²) in [5.41, 5.74) is 9.44. The number of likely N-dealkylation sites (tertiary alicyclic amines) is 1. The zero-order chi connectivity index (χ0) is 27.6. The number of amides is 3. The van der Waals surface area contributed by atoms with E-state index in [1.165, 1.54) is 17.0 Å². The van der Waals surface area contributed by atoms with Gasteiger partial charge in [0.25, 0.3) is 5.66 Å². The molecule has 5 rings (SSSR count). The van der Waals surface area contributed by atoms with Crippen molar-refractivity contribution in [3.63, 3.8) is 0 Å². The first-order valence-corrected chi connectivity index (χ1v) is 11.8. The molecule has 4 aliphatic rings.